The van der Waals surface area contributed by atoms with Gasteiger partial charge in [-0.05, 0) is 56.2 Å². The van der Waals surface area contributed by atoms with Gasteiger partial charge in [0, 0.05) is 31.4 Å². The monoisotopic (exact) mass is 369 g/mol. The van der Waals surface area contributed by atoms with Crippen LogP contribution in [-0.4, -0.2) is 42.2 Å². The molecule has 27 heavy (non-hydrogen) atoms. The number of urea groups is 1. The highest BCUT2D eigenvalue weighted by molar-refractivity contribution is 5.76. The number of hydrogen-bond acceptors (Lipinski definition) is 4. The van der Waals surface area contributed by atoms with Crippen molar-refractivity contribution in [3.8, 4) is 11.5 Å². The molecule has 1 aromatic heterocycles. The van der Waals surface area contributed by atoms with Gasteiger partial charge >= 0.3 is 6.03 Å². The highest BCUT2D eigenvalue weighted by Crippen LogP contribution is 2.31. The number of nitrogens with one attached hydrogen (secondary N) is 1. The average molecular weight is 369 g/mol. The van der Waals surface area contributed by atoms with E-state index in [0.717, 1.165) is 24.4 Å². The molecule has 1 atom stereocenters. The third-order valence-electron chi connectivity index (χ3n) is 4.75. The van der Waals surface area contributed by atoms with Crippen LogP contribution in [-0.2, 0) is 0 Å². The maximum absolute atomic E-state index is 12.5. The Hall–Kier alpha value is -2.76. The summed E-state index contributed by atoms with van der Waals surface area (Å²) in [7, 11) is 0. The van der Waals surface area contributed by atoms with Gasteiger partial charge in [-0.3, -0.25) is 4.98 Å². The Kier molecular flexibility index (Phi) is 6.16. The lowest BCUT2D eigenvalue weighted by Crippen LogP contribution is -2.52. The first-order valence-electron chi connectivity index (χ1n) is 9.47. The summed E-state index contributed by atoms with van der Waals surface area (Å²) in [5, 5.41) is 3.07. The van der Waals surface area contributed by atoms with E-state index in [0.29, 0.717) is 24.9 Å². The van der Waals surface area contributed by atoms with Crippen molar-refractivity contribution in [3.63, 3.8) is 0 Å². The number of rotatable bonds is 7. The van der Waals surface area contributed by atoms with E-state index in [-0.39, 0.29) is 12.1 Å². The largest absolute Gasteiger partial charge is 0.490 e. The fourth-order valence-electron chi connectivity index (χ4n) is 3.19. The number of ether oxygens (including phenoxy) is 2. The van der Waals surface area contributed by atoms with Crippen LogP contribution in [0.4, 0.5) is 4.79 Å². The first-order chi connectivity index (χ1) is 13.1. The Bertz CT molecular complexity index is 761. The first kappa shape index (κ1) is 19.0. The van der Waals surface area contributed by atoms with Crippen LogP contribution in [0.2, 0.25) is 0 Å². The average Bonchev–Trinajstić information content (AvgIpc) is 2.63. The van der Waals surface area contributed by atoms with E-state index in [1.807, 2.05) is 56.0 Å². The molecule has 0 unspecified atom stereocenters. The van der Waals surface area contributed by atoms with Crippen molar-refractivity contribution in [2.45, 2.75) is 32.7 Å². The third-order valence-corrected chi connectivity index (χ3v) is 4.75. The SMILES string of the molecule is CCOc1ccc([C@H](C)NC(=O)N2CC(c3ccncc3)C2)cc1OCC. The lowest BCUT2D eigenvalue weighted by Gasteiger charge is -2.40. The summed E-state index contributed by atoms with van der Waals surface area (Å²) in [4.78, 5) is 18.4. The highest BCUT2D eigenvalue weighted by atomic mass is 16.5. The first-order valence-corrected chi connectivity index (χ1v) is 9.47. The number of carbonyl (C=O) groups excluding carboxylic acids is 1. The molecule has 0 aliphatic carbocycles. The van der Waals surface area contributed by atoms with Gasteiger partial charge in [0.05, 0.1) is 19.3 Å². The van der Waals surface area contributed by atoms with Crippen molar-refractivity contribution in [2.24, 2.45) is 0 Å². The number of carbonyl (C=O) groups is 1. The van der Waals surface area contributed by atoms with E-state index in [4.69, 9.17) is 9.47 Å². The van der Waals surface area contributed by atoms with E-state index in [1.165, 1.54) is 5.56 Å². The standard InChI is InChI=1S/C21H27N3O3/c1-4-26-19-7-6-17(12-20(19)27-5-2)15(3)23-21(25)24-13-18(14-24)16-8-10-22-11-9-16/h6-12,15,18H,4-5,13-14H2,1-3H3,(H,23,25)/t15-/m0/s1. The highest BCUT2D eigenvalue weighted by Gasteiger charge is 2.32. The minimum Gasteiger partial charge on any atom is -0.490 e. The molecule has 0 spiro atoms. The van der Waals surface area contributed by atoms with Gasteiger partial charge in [-0.1, -0.05) is 6.07 Å². The van der Waals surface area contributed by atoms with Crippen molar-refractivity contribution in [1.29, 1.82) is 0 Å². The summed E-state index contributed by atoms with van der Waals surface area (Å²) >= 11 is 0. The Morgan fingerprint density at radius 3 is 2.48 bits per heavy atom. The Morgan fingerprint density at radius 1 is 1.15 bits per heavy atom. The summed E-state index contributed by atoms with van der Waals surface area (Å²) < 4.78 is 11.3. The fraction of sp³-hybridized carbons (Fsp3) is 0.429. The Balaban J connectivity index is 1.58. The van der Waals surface area contributed by atoms with Crippen LogP contribution in [0, 0.1) is 0 Å². The van der Waals surface area contributed by atoms with Crippen LogP contribution < -0.4 is 14.8 Å². The van der Waals surface area contributed by atoms with Crippen molar-refractivity contribution >= 4 is 6.03 Å². The molecule has 0 saturated carbocycles. The van der Waals surface area contributed by atoms with E-state index in [9.17, 15) is 4.79 Å². The number of hydrogen-bond donors (Lipinski definition) is 1. The number of pyridine rings is 1. The predicted octanol–water partition coefficient (Wildman–Crippen LogP) is 3.75. The van der Waals surface area contributed by atoms with Crippen molar-refractivity contribution < 1.29 is 14.3 Å². The minimum absolute atomic E-state index is 0.0420. The lowest BCUT2D eigenvalue weighted by atomic mass is 9.92. The van der Waals surface area contributed by atoms with E-state index in [2.05, 4.69) is 10.3 Å². The number of benzene rings is 1. The van der Waals surface area contributed by atoms with Crippen molar-refractivity contribution in [1.82, 2.24) is 15.2 Å². The zero-order chi connectivity index (χ0) is 19.2. The van der Waals surface area contributed by atoms with E-state index in [1.54, 1.807) is 12.4 Å². The van der Waals surface area contributed by atoms with Crippen LogP contribution in [0.25, 0.3) is 0 Å². The van der Waals surface area contributed by atoms with Gasteiger partial charge in [-0.15, -0.1) is 0 Å². The van der Waals surface area contributed by atoms with Gasteiger partial charge in [0.15, 0.2) is 11.5 Å². The van der Waals surface area contributed by atoms with E-state index < -0.39 is 0 Å². The fourth-order valence-corrected chi connectivity index (χ4v) is 3.19. The quantitative estimate of drug-likeness (QED) is 0.807. The van der Waals surface area contributed by atoms with Crippen LogP contribution in [0.5, 0.6) is 11.5 Å². The lowest BCUT2D eigenvalue weighted by molar-refractivity contribution is 0.148. The molecule has 6 nitrogen and oxygen atoms in total. The minimum atomic E-state index is -0.118. The molecular weight excluding hydrogens is 342 g/mol. The second-order valence-corrected chi connectivity index (χ2v) is 6.63. The van der Waals surface area contributed by atoms with E-state index >= 15 is 0 Å². The molecule has 1 fully saturated rings. The number of aromatic nitrogens is 1. The molecule has 1 aromatic carbocycles. The molecule has 0 bridgehead atoms. The van der Waals surface area contributed by atoms with Gasteiger partial charge in [0.1, 0.15) is 0 Å². The molecule has 6 heteroatoms. The zero-order valence-electron chi connectivity index (χ0n) is 16.1. The molecule has 2 heterocycles. The van der Waals surface area contributed by atoms with Gasteiger partial charge in [-0.2, -0.15) is 0 Å². The van der Waals surface area contributed by atoms with Gasteiger partial charge in [0.2, 0.25) is 0 Å². The van der Waals surface area contributed by atoms with Gasteiger partial charge in [-0.25, -0.2) is 4.79 Å². The summed E-state index contributed by atoms with van der Waals surface area (Å²) in [6.07, 6.45) is 3.59. The Morgan fingerprint density at radius 2 is 1.81 bits per heavy atom. The third kappa shape index (κ3) is 4.51. The molecular formula is C21H27N3O3. The summed E-state index contributed by atoms with van der Waals surface area (Å²) in [6.45, 7) is 8.47. The van der Waals surface area contributed by atoms with Gasteiger partial charge in [0.25, 0.3) is 0 Å². The Labute approximate surface area is 160 Å². The maximum atomic E-state index is 12.5. The second kappa shape index (κ2) is 8.75. The molecule has 1 aliphatic rings. The molecule has 1 saturated heterocycles. The molecule has 1 aliphatic heterocycles. The van der Waals surface area contributed by atoms with Gasteiger partial charge < -0.3 is 19.7 Å². The molecule has 144 valence electrons. The molecule has 0 radical (unpaired) electrons. The normalized spacial score (nSPS) is 15.0. The number of amides is 2. The summed E-state index contributed by atoms with van der Waals surface area (Å²) in [5.41, 5.74) is 2.22. The number of likely N-dealkylation sites (tertiary alicyclic amines) is 1. The van der Waals surface area contributed by atoms with Crippen LogP contribution in [0.3, 0.4) is 0 Å². The van der Waals surface area contributed by atoms with Crippen LogP contribution in [0.1, 0.15) is 43.9 Å². The smallest absolute Gasteiger partial charge is 0.317 e. The topological polar surface area (TPSA) is 63.7 Å². The zero-order valence-corrected chi connectivity index (χ0v) is 16.1. The molecule has 2 amide bonds. The summed E-state index contributed by atoms with van der Waals surface area (Å²) in [6, 6.07) is 9.67. The predicted molar refractivity (Wildman–Crippen MR) is 104 cm³/mol. The van der Waals surface area contributed by atoms with Crippen LogP contribution >= 0.6 is 0 Å². The van der Waals surface area contributed by atoms with Crippen molar-refractivity contribution in [2.75, 3.05) is 26.3 Å². The second-order valence-electron chi connectivity index (χ2n) is 6.63. The molecule has 1 N–H and O–H groups in total. The summed E-state index contributed by atoms with van der Waals surface area (Å²) in [5.74, 6) is 1.83. The molecule has 2 aromatic rings. The van der Waals surface area contributed by atoms with Crippen LogP contribution in [0.15, 0.2) is 42.7 Å². The number of nitrogens with zero attached hydrogens (tertiary/aromatic N) is 2. The van der Waals surface area contributed by atoms with Crippen molar-refractivity contribution in [3.05, 3.63) is 53.9 Å². The maximum Gasteiger partial charge on any atom is 0.317 e. The molecule has 3 rings (SSSR count).